The number of hydrogen-bond donors (Lipinski definition) is 2. The smallest absolute Gasteiger partial charge is 0.256 e. The van der Waals surface area contributed by atoms with E-state index in [1.165, 1.54) is 29.0 Å². The molecule has 0 fully saturated rings. The van der Waals surface area contributed by atoms with Gasteiger partial charge < -0.3 is 5.32 Å². The minimum Gasteiger partial charge on any atom is -0.312 e. The Bertz CT molecular complexity index is 1340. The second-order valence-corrected chi connectivity index (χ2v) is 10.3. The van der Waals surface area contributed by atoms with Crippen LogP contribution >= 0.6 is 22.9 Å². The first-order valence-corrected chi connectivity index (χ1v) is 12.1. The quantitative estimate of drug-likeness (QED) is 0.209. The molecule has 8 heteroatoms. The summed E-state index contributed by atoms with van der Waals surface area (Å²) < 4.78 is 13.5. The van der Waals surface area contributed by atoms with Crippen molar-refractivity contribution in [1.29, 1.82) is 0 Å². The van der Waals surface area contributed by atoms with Crippen LogP contribution in [0.4, 0.5) is 14.5 Å². The number of anilines is 2. The fraction of sp³-hybridized carbons (Fsp3) is 0.148. The fourth-order valence-electron chi connectivity index (χ4n) is 3.26. The zero-order chi connectivity index (χ0) is 25.0. The lowest BCUT2D eigenvalue weighted by atomic mass is 9.87. The van der Waals surface area contributed by atoms with Crippen molar-refractivity contribution in [1.82, 2.24) is 4.98 Å². The molecule has 0 atom stereocenters. The number of halogens is 2. The number of hydrazone groups is 1. The molecule has 5 nitrogen and oxygen atoms in total. The lowest BCUT2D eigenvalue weighted by Gasteiger charge is -2.18. The van der Waals surface area contributed by atoms with Gasteiger partial charge in [0, 0.05) is 16.1 Å². The lowest BCUT2D eigenvalue weighted by molar-refractivity contribution is 0.102. The third kappa shape index (κ3) is 6.32. The molecule has 2 N–H and O–H groups in total. The van der Waals surface area contributed by atoms with Gasteiger partial charge in [0.25, 0.3) is 5.91 Å². The maximum Gasteiger partial charge on any atom is 0.256 e. The SMILES string of the molecule is CC(C)(C)c1ccc(C=NNc2nc(-c3ccc(F)cc3)c(NC(=O)c3ccc(Cl)cc3)s2)cc1. The van der Waals surface area contributed by atoms with E-state index in [2.05, 4.69) is 53.7 Å². The summed E-state index contributed by atoms with van der Waals surface area (Å²) in [6.45, 7) is 6.51. The van der Waals surface area contributed by atoms with Crippen LogP contribution in [0.25, 0.3) is 11.3 Å². The highest BCUT2D eigenvalue weighted by molar-refractivity contribution is 7.20. The highest BCUT2D eigenvalue weighted by Gasteiger charge is 2.17. The third-order valence-electron chi connectivity index (χ3n) is 5.23. The van der Waals surface area contributed by atoms with Crippen molar-refractivity contribution in [3.8, 4) is 11.3 Å². The van der Waals surface area contributed by atoms with Gasteiger partial charge >= 0.3 is 0 Å². The number of thiazole rings is 1. The van der Waals surface area contributed by atoms with Crippen molar-refractivity contribution < 1.29 is 9.18 Å². The van der Waals surface area contributed by atoms with Crippen molar-refractivity contribution in [2.75, 3.05) is 10.7 Å². The van der Waals surface area contributed by atoms with E-state index in [4.69, 9.17) is 11.6 Å². The Balaban J connectivity index is 1.55. The number of rotatable bonds is 6. The third-order valence-corrected chi connectivity index (χ3v) is 6.36. The summed E-state index contributed by atoms with van der Waals surface area (Å²) in [4.78, 5) is 17.4. The van der Waals surface area contributed by atoms with Gasteiger partial charge in [-0.15, -0.1) is 0 Å². The molecule has 4 aromatic rings. The van der Waals surface area contributed by atoms with E-state index in [1.54, 1.807) is 42.6 Å². The van der Waals surface area contributed by atoms with Gasteiger partial charge in [-0.3, -0.25) is 10.2 Å². The van der Waals surface area contributed by atoms with Gasteiger partial charge in [-0.2, -0.15) is 5.10 Å². The zero-order valence-corrected chi connectivity index (χ0v) is 21.0. The summed E-state index contributed by atoms with van der Waals surface area (Å²) >= 11 is 7.16. The Kier molecular flexibility index (Phi) is 7.28. The van der Waals surface area contributed by atoms with Gasteiger partial charge in [-0.05, 0) is 65.1 Å². The second kappa shape index (κ2) is 10.4. The standard InChI is InChI=1S/C27H24ClFN4OS/c1-27(2,3)20-10-4-17(5-11-20)16-30-33-26-31-23(18-8-14-22(29)15-9-18)25(35-26)32-24(34)19-6-12-21(28)13-7-19/h4-16H,1-3H3,(H,31,33)(H,32,34). The number of benzene rings is 3. The molecule has 4 rings (SSSR count). The Morgan fingerprint density at radius 1 is 1.00 bits per heavy atom. The van der Waals surface area contributed by atoms with Crippen LogP contribution in [0.5, 0.6) is 0 Å². The Hall–Kier alpha value is -3.55. The maximum atomic E-state index is 13.5. The average Bonchev–Trinajstić information content (AvgIpc) is 3.22. The summed E-state index contributed by atoms with van der Waals surface area (Å²) in [5.41, 5.74) is 6.85. The van der Waals surface area contributed by atoms with Gasteiger partial charge in [-0.1, -0.05) is 68.0 Å². The molecule has 3 aromatic carbocycles. The van der Waals surface area contributed by atoms with E-state index in [1.807, 2.05) is 12.1 Å². The summed E-state index contributed by atoms with van der Waals surface area (Å²) in [5.74, 6) is -0.654. The number of carbonyl (C=O) groups is 1. The molecular weight excluding hydrogens is 483 g/mol. The molecule has 0 radical (unpaired) electrons. The summed E-state index contributed by atoms with van der Waals surface area (Å²) in [7, 11) is 0. The first-order chi connectivity index (χ1) is 16.7. The summed E-state index contributed by atoms with van der Waals surface area (Å²) in [6, 6.07) is 20.7. The van der Waals surface area contributed by atoms with Crippen LogP contribution in [0.1, 0.15) is 42.3 Å². The summed E-state index contributed by atoms with van der Waals surface area (Å²) in [5, 5.41) is 8.74. The van der Waals surface area contributed by atoms with Gasteiger partial charge in [0.1, 0.15) is 16.5 Å². The molecule has 0 saturated carbocycles. The van der Waals surface area contributed by atoms with Crippen molar-refractivity contribution in [3.63, 3.8) is 0 Å². The first-order valence-electron chi connectivity index (χ1n) is 10.9. The molecule has 0 saturated heterocycles. The van der Waals surface area contributed by atoms with E-state index < -0.39 is 0 Å². The van der Waals surface area contributed by atoms with Gasteiger partial charge in [0.15, 0.2) is 0 Å². The van der Waals surface area contributed by atoms with Crippen molar-refractivity contribution in [2.45, 2.75) is 26.2 Å². The zero-order valence-electron chi connectivity index (χ0n) is 19.5. The second-order valence-electron chi connectivity index (χ2n) is 8.91. The topological polar surface area (TPSA) is 66.4 Å². The molecule has 0 aliphatic rings. The average molecular weight is 507 g/mol. The number of amides is 1. The number of nitrogens with zero attached hydrogens (tertiary/aromatic N) is 2. The number of carbonyl (C=O) groups excluding carboxylic acids is 1. The fourth-order valence-corrected chi connectivity index (χ4v) is 4.22. The number of aromatic nitrogens is 1. The highest BCUT2D eigenvalue weighted by Crippen LogP contribution is 2.36. The maximum absolute atomic E-state index is 13.5. The van der Waals surface area contributed by atoms with E-state index in [-0.39, 0.29) is 17.1 Å². The molecule has 35 heavy (non-hydrogen) atoms. The Morgan fingerprint density at radius 2 is 1.66 bits per heavy atom. The van der Waals surface area contributed by atoms with Crippen LogP contribution < -0.4 is 10.7 Å². The van der Waals surface area contributed by atoms with Gasteiger partial charge in [0.2, 0.25) is 5.13 Å². The van der Waals surface area contributed by atoms with Crippen molar-refractivity contribution in [3.05, 3.63) is 100 Å². The normalized spacial score (nSPS) is 11.6. The van der Waals surface area contributed by atoms with Crippen LogP contribution in [0, 0.1) is 5.82 Å². The monoisotopic (exact) mass is 506 g/mol. The van der Waals surface area contributed by atoms with Crippen molar-refractivity contribution in [2.24, 2.45) is 5.10 Å². The first kappa shape index (κ1) is 24.6. The molecular formula is C27H24ClFN4OS. The van der Waals surface area contributed by atoms with E-state index in [0.717, 1.165) is 5.56 Å². The molecule has 0 unspecified atom stereocenters. The molecule has 0 aliphatic heterocycles. The Labute approximate surface area is 212 Å². The van der Waals surface area contributed by atoms with Crippen LogP contribution in [-0.2, 0) is 5.41 Å². The largest absolute Gasteiger partial charge is 0.312 e. The van der Waals surface area contributed by atoms with Gasteiger partial charge in [0.05, 0.1) is 6.21 Å². The van der Waals surface area contributed by atoms with E-state index >= 15 is 0 Å². The number of nitrogens with one attached hydrogen (secondary N) is 2. The van der Waals surface area contributed by atoms with E-state index in [9.17, 15) is 9.18 Å². The van der Waals surface area contributed by atoms with E-state index in [0.29, 0.717) is 32.0 Å². The minimum atomic E-state index is -0.351. The van der Waals surface area contributed by atoms with Gasteiger partial charge in [-0.25, -0.2) is 9.37 Å². The molecule has 0 spiro atoms. The summed E-state index contributed by atoms with van der Waals surface area (Å²) in [6.07, 6.45) is 1.71. The predicted molar refractivity (Wildman–Crippen MR) is 143 cm³/mol. The van der Waals surface area contributed by atoms with Crippen LogP contribution in [-0.4, -0.2) is 17.1 Å². The van der Waals surface area contributed by atoms with Crippen LogP contribution in [0.15, 0.2) is 77.9 Å². The molecule has 1 amide bonds. The number of hydrogen-bond acceptors (Lipinski definition) is 5. The lowest BCUT2D eigenvalue weighted by Crippen LogP contribution is -2.11. The molecule has 0 aliphatic carbocycles. The van der Waals surface area contributed by atoms with Crippen LogP contribution in [0.3, 0.4) is 0 Å². The molecule has 1 aromatic heterocycles. The molecule has 178 valence electrons. The molecule has 0 bridgehead atoms. The highest BCUT2D eigenvalue weighted by atomic mass is 35.5. The molecule has 1 heterocycles. The van der Waals surface area contributed by atoms with Crippen LogP contribution in [0.2, 0.25) is 5.02 Å². The minimum absolute atomic E-state index is 0.0818. The van der Waals surface area contributed by atoms with Crippen molar-refractivity contribution >= 4 is 45.2 Å². The Morgan fingerprint density at radius 3 is 2.29 bits per heavy atom. The predicted octanol–water partition coefficient (Wildman–Crippen LogP) is 7.60.